The molecule has 2 aromatic rings. The summed E-state index contributed by atoms with van der Waals surface area (Å²) in [4.78, 5) is 39.3. The number of carbonyl (C=O) groups is 1. The van der Waals surface area contributed by atoms with Crippen molar-refractivity contribution in [1.82, 2.24) is 14.9 Å². The number of hydrogen-bond donors (Lipinski definition) is 3. The van der Waals surface area contributed by atoms with Crippen LogP contribution in [-0.2, 0) is 6.54 Å². The van der Waals surface area contributed by atoms with E-state index in [0.29, 0.717) is 5.92 Å². The van der Waals surface area contributed by atoms with Crippen LogP contribution >= 0.6 is 0 Å². The lowest BCUT2D eigenvalue weighted by atomic mass is 9.82. The van der Waals surface area contributed by atoms with Crippen molar-refractivity contribution in [2.45, 2.75) is 58.0 Å². The average Bonchev–Trinajstić information content (AvgIpc) is 2.69. The van der Waals surface area contributed by atoms with Crippen LogP contribution in [0.4, 0.5) is 0 Å². The number of nitrogens with one attached hydrogen (secondary N) is 2. The van der Waals surface area contributed by atoms with Gasteiger partial charge in [-0.15, -0.1) is 0 Å². The summed E-state index contributed by atoms with van der Waals surface area (Å²) in [6, 6.07) is 10.3. The van der Waals surface area contributed by atoms with Gasteiger partial charge >= 0.3 is 5.69 Å². The Morgan fingerprint density at radius 2 is 1.82 bits per heavy atom. The molecular formula is C21H27N3O4. The number of amides is 1. The molecule has 3 rings (SSSR count). The Balaban J connectivity index is 1.67. The number of hydrogen-bond acceptors (Lipinski definition) is 4. The van der Waals surface area contributed by atoms with Gasteiger partial charge in [0.15, 0.2) is 5.69 Å². The van der Waals surface area contributed by atoms with Crippen LogP contribution in [0.5, 0.6) is 5.75 Å². The van der Waals surface area contributed by atoms with E-state index in [0.717, 1.165) is 30.3 Å². The van der Waals surface area contributed by atoms with Crippen LogP contribution in [0.3, 0.4) is 0 Å². The van der Waals surface area contributed by atoms with Crippen LogP contribution in [0, 0.1) is 5.92 Å². The Labute approximate surface area is 163 Å². The summed E-state index contributed by atoms with van der Waals surface area (Å²) in [6.45, 7) is 3.89. The first-order chi connectivity index (χ1) is 13.4. The average molecular weight is 385 g/mol. The lowest BCUT2D eigenvalue weighted by molar-refractivity contribution is 0.0916. The molecule has 1 aliphatic rings. The van der Waals surface area contributed by atoms with Crippen LogP contribution in [0.2, 0.25) is 0 Å². The summed E-state index contributed by atoms with van der Waals surface area (Å²) in [6.07, 6.45) is 3.52. The lowest BCUT2D eigenvalue weighted by Crippen LogP contribution is -2.42. The van der Waals surface area contributed by atoms with Crippen LogP contribution in [0.1, 0.15) is 61.5 Å². The predicted molar refractivity (Wildman–Crippen MR) is 107 cm³/mol. The first kappa shape index (κ1) is 19.9. The summed E-state index contributed by atoms with van der Waals surface area (Å²) in [5.74, 6) is -0.803. The molecule has 0 aliphatic heterocycles. The highest BCUT2D eigenvalue weighted by Crippen LogP contribution is 2.32. The fourth-order valence-electron chi connectivity index (χ4n) is 3.81. The Morgan fingerprint density at radius 3 is 2.43 bits per heavy atom. The smallest absolute Gasteiger partial charge is 0.329 e. The second-order valence-electron chi connectivity index (χ2n) is 7.90. The molecule has 1 amide bonds. The van der Waals surface area contributed by atoms with Gasteiger partial charge in [-0.3, -0.25) is 19.1 Å². The third-order valence-electron chi connectivity index (χ3n) is 5.27. The van der Waals surface area contributed by atoms with Gasteiger partial charge in [-0.05, 0) is 43.1 Å². The molecule has 28 heavy (non-hydrogen) atoms. The van der Waals surface area contributed by atoms with E-state index in [1.165, 1.54) is 5.56 Å². The topological polar surface area (TPSA) is 104 Å². The van der Waals surface area contributed by atoms with Crippen LogP contribution < -0.4 is 16.6 Å². The molecular weight excluding hydrogens is 358 g/mol. The van der Waals surface area contributed by atoms with Gasteiger partial charge in [0.2, 0.25) is 5.75 Å². The zero-order valence-electron chi connectivity index (χ0n) is 16.3. The van der Waals surface area contributed by atoms with Crippen molar-refractivity contribution >= 4 is 5.91 Å². The molecule has 1 aromatic heterocycles. The van der Waals surface area contributed by atoms with Gasteiger partial charge < -0.3 is 10.4 Å². The fraction of sp³-hybridized carbons (Fsp3) is 0.476. The molecule has 1 aliphatic carbocycles. The first-order valence-corrected chi connectivity index (χ1v) is 9.78. The van der Waals surface area contributed by atoms with Crippen molar-refractivity contribution in [1.29, 1.82) is 0 Å². The summed E-state index contributed by atoms with van der Waals surface area (Å²) in [7, 11) is 0. The molecule has 0 unspecified atom stereocenters. The Bertz CT molecular complexity index is 938. The third kappa shape index (κ3) is 4.35. The monoisotopic (exact) mass is 385 g/mol. The number of carbonyl (C=O) groups excluding carboxylic acids is 1. The minimum absolute atomic E-state index is 0.0477. The summed E-state index contributed by atoms with van der Waals surface area (Å²) >= 11 is 0. The fourth-order valence-corrected chi connectivity index (χ4v) is 3.81. The van der Waals surface area contributed by atoms with E-state index in [1.54, 1.807) is 0 Å². The maximum absolute atomic E-state index is 12.5. The standard InChI is InChI=1S/C21H27N3O4/c1-13(2)12-24-20(27)18(25)17(23-21(24)28)19(26)22-16-10-8-15(9-11-16)14-6-4-3-5-7-14/h3-7,13,15-16,25H,8-12H2,1-2H3,(H,22,26)(H,23,28)/t15-,16-. The lowest BCUT2D eigenvalue weighted by Gasteiger charge is -2.29. The number of aromatic hydroxyl groups is 1. The molecule has 0 atom stereocenters. The summed E-state index contributed by atoms with van der Waals surface area (Å²) in [5.41, 5.74) is -0.576. The highest BCUT2D eigenvalue weighted by molar-refractivity contribution is 5.94. The molecule has 0 spiro atoms. The molecule has 1 heterocycles. The van der Waals surface area contributed by atoms with E-state index in [2.05, 4.69) is 22.4 Å². The Kier molecular flexibility index (Phi) is 6.02. The zero-order chi connectivity index (χ0) is 20.3. The van der Waals surface area contributed by atoms with Gasteiger partial charge in [-0.1, -0.05) is 44.2 Å². The van der Waals surface area contributed by atoms with Crippen molar-refractivity contribution in [2.75, 3.05) is 0 Å². The van der Waals surface area contributed by atoms with E-state index in [9.17, 15) is 19.5 Å². The number of rotatable bonds is 5. The van der Waals surface area contributed by atoms with Crippen molar-refractivity contribution in [3.8, 4) is 5.75 Å². The molecule has 1 fully saturated rings. The Morgan fingerprint density at radius 1 is 1.18 bits per heavy atom. The van der Waals surface area contributed by atoms with E-state index in [4.69, 9.17) is 0 Å². The highest BCUT2D eigenvalue weighted by atomic mass is 16.3. The summed E-state index contributed by atoms with van der Waals surface area (Å²) < 4.78 is 0.918. The van der Waals surface area contributed by atoms with Crippen molar-refractivity contribution in [2.24, 2.45) is 5.92 Å². The van der Waals surface area contributed by atoms with Crippen LogP contribution in [0.15, 0.2) is 39.9 Å². The molecule has 3 N–H and O–H groups in total. The van der Waals surface area contributed by atoms with Crippen molar-refractivity contribution in [3.63, 3.8) is 0 Å². The maximum atomic E-state index is 12.5. The minimum atomic E-state index is -0.838. The van der Waals surface area contributed by atoms with Crippen LogP contribution in [-0.4, -0.2) is 26.6 Å². The molecule has 150 valence electrons. The third-order valence-corrected chi connectivity index (χ3v) is 5.27. The van der Waals surface area contributed by atoms with Gasteiger partial charge in [0.05, 0.1) is 0 Å². The van der Waals surface area contributed by atoms with E-state index in [-0.39, 0.29) is 24.2 Å². The molecule has 0 radical (unpaired) electrons. The molecule has 0 bridgehead atoms. The highest BCUT2D eigenvalue weighted by Gasteiger charge is 2.26. The van der Waals surface area contributed by atoms with E-state index >= 15 is 0 Å². The van der Waals surface area contributed by atoms with Crippen molar-refractivity contribution < 1.29 is 9.90 Å². The van der Waals surface area contributed by atoms with Gasteiger partial charge in [-0.2, -0.15) is 0 Å². The molecule has 1 aromatic carbocycles. The SMILES string of the molecule is CC(C)Cn1c(=O)[nH]c(C(=O)N[C@H]2CC[C@H](c3ccccc3)CC2)c(O)c1=O. The number of aromatic amines is 1. The summed E-state index contributed by atoms with van der Waals surface area (Å²) in [5, 5.41) is 13.0. The molecule has 7 nitrogen and oxygen atoms in total. The second kappa shape index (κ2) is 8.46. The maximum Gasteiger partial charge on any atom is 0.329 e. The normalized spacial score (nSPS) is 19.5. The zero-order valence-corrected chi connectivity index (χ0v) is 16.3. The van der Waals surface area contributed by atoms with Gasteiger partial charge in [0, 0.05) is 12.6 Å². The van der Waals surface area contributed by atoms with Gasteiger partial charge in [-0.25, -0.2) is 4.79 Å². The van der Waals surface area contributed by atoms with Gasteiger partial charge in [0.25, 0.3) is 11.5 Å². The van der Waals surface area contributed by atoms with Gasteiger partial charge in [0.1, 0.15) is 0 Å². The number of H-pyrrole nitrogens is 1. The van der Waals surface area contributed by atoms with E-state index < -0.39 is 22.9 Å². The number of nitrogens with zero attached hydrogens (tertiary/aromatic N) is 1. The van der Waals surface area contributed by atoms with E-state index in [1.807, 2.05) is 32.0 Å². The quantitative estimate of drug-likeness (QED) is 0.735. The first-order valence-electron chi connectivity index (χ1n) is 9.78. The van der Waals surface area contributed by atoms with Crippen molar-refractivity contribution in [3.05, 3.63) is 62.4 Å². The predicted octanol–water partition coefficient (Wildman–Crippen LogP) is 2.35. The Hall–Kier alpha value is -2.83. The molecule has 0 saturated heterocycles. The minimum Gasteiger partial charge on any atom is -0.501 e. The van der Waals surface area contributed by atoms with Crippen LogP contribution in [0.25, 0.3) is 0 Å². The number of benzene rings is 1. The largest absolute Gasteiger partial charge is 0.501 e. The molecule has 1 saturated carbocycles. The molecule has 7 heteroatoms. The number of aromatic nitrogens is 2. The second-order valence-corrected chi connectivity index (χ2v) is 7.90.